The lowest BCUT2D eigenvalue weighted by atomic mass is 10.1. The molecule has 0 radical (unpaired) electrons. The van der Waals surface area contributed by atoms with Crippen LogP contribution >= 0.6 is 0 Å². The van der Waals surface area contributed by atoms with Gasteiger partial charge in [0.1, 0.15) is 47.3 Å². The Balaban J connectivity index is 0.000000412. The Kier molecular flexibility index (Phi) is 10.7. The summed E-state index contributed by atoms with van der Waals surface area (Å²) >= 11 is 0. The van der Waals surface area contributed by atoms with Crippen LogP contribution in [0.3, 0.4) is 0 Å². The molecule has 18 nitrogen and oxygen atoms in total. The van der Waals surface area contributed by atoms with Crippen LogP contribution in [-0.2, 0) is 41.3 Å². The maximum Gasteiger partial charge on any atom is 0.394 e. The van der Waals surface area contributed by atoms with Gasteiger partial charge in [0, 0.05) is 6.42 Å². The van der Waals surface area contributed by atoms with Gasteiger partial charge in [-0.15, -0.1) is 0 Å². The number of hydrogen-bond acceptors (Lipinski definition) is 13. The molecule has 0 aromatic carbocycles. The molecule has 2 aliphatic rings. The molecule has 2 aromatic heterocycles. The van der Waals surface area contributed by atoms with Crippen LogP contribution < -0.4 is 11.6 Å². The number of imidazole rings is 1. The second-order valence-corrected chi connectivity index (χ2v) is 11.8. The van der Waals surface area contributed by atoms with Crippen molar-refractivity contribution in [3.63, 3.8) is 0 Å². The van der Waals surface area contributed by atoms with Crippen LogP contribution in [0, 0.1) is 0 Å². The zero-order chi connectivity index (χ0) is 28.1. The third-order valence-electron chi connectivity index (χ3n) is 5.12. The van der Waals surface area contributed by atoms with E-state index in [1.165, 1.54) is 12.7 Å². The molecule has 2 unspecified atom stereocenters. The van der Waals surface area contributed by atoms with Gasteiger partial charge < -0.3 is 20.7 Å². The molecule has 21 heteroatoms. The van der Waals surface area contributed by atoms with E-state index >= 15 is 0 Å². The summed E-state index contributed by atoms with van der Waals surface area (Å²) in [5.74, 6) is 6.12. The molecule has 1 aliphatic heterocycles. The third kappa shape index (κ3) is 9.66. The van der Waals surface area contributed by atoms with Gasteiger partial charge in [-0.2, -0.15) is 16.8 Å². The van der Waals surface area contributed by atoms with Crippen LogP contribution in [0.2, 0.25) is 0 Å². The second kappa shape index (κ2) is 12.7. The lowest BCUT2D eigenvalue weighted by Gasteiger charge is -2.17. The van der Waals surface area contributed by atoms with Gasteiger partial charge >= 0.3 is 20.8 Å². The summed E-state index contributed by atoms with van der Waals surface area (Å²) in [6.45, 7) is 0. The van der Waals surface area contributed by atoms with Gasteiger partial charge in [-0.3, -0.25) is 27.6 Å². The van der Waals surface area contributed by atoms with Gasteiger partial charge in [0.25, 0.3) is 0 Å². The number of aliphatic hydroxyl groups excluding tert-OH is 2. The van der Waals surface area contributed by atoms with Crippen molar-refractivity contribution in [3.8, 4) is 0 Å². The topological polar surface area (TPSA) is 304 Å². The van der Waals surface area contributed by atoms with Crippen molar-refractivity contribution in [1.82, 2.24) is 19.5 Å². The fourth-order valence-electron chi connectivity index (χ4n) is 3.57. The number of nitrogens with zero attached hydrogens (tertiary/aromatic N) is 4. The van der Waals surface area contributed by atoms with E-state index in [4.69, 9.17) is 56.3 Å². The van der Waals surface area contributed by atoms with Crippen LogP contribution in [0.5, 0.6) is 0 Å². The van der Waals surface area contributed by atoms with Crippen LogP contribution in [0.25, 0.3) is 11.2 Å². The number of anilines is 1. The van der Waals surface area contributed by atoms with E-state index in [0.29, 0.717) is 22.2 Å². The standard InChI is InChI=1S/C16H23N6O4S.2H2O4S/c1-27(9-3-2-8(4-9)26-18)5-10-12(23)13(24)16(25-10)22-7-21-11-14(17)19-6-20-15(11)22;2*1-5(2,3)4/h2-3,6-10,12-13,16,23-24H,4-5,18H2,1H3,(H2,17,19,20);2*(H2,1,2,3,4)/q+1;;/t8-,9?,10-,12-,13-,16-,27?;;/m1../s1. The number of rotatable bonds is 5. The number of nitrogen functional groups attached to an aromatic ring is 1. The molecule has 1 saturated heterocycles. The fourth-order valence-corrected chi connectivity index (χ4v) is 5.49. The Morgan fingerprint density at radius 3 is 2.22 bits per heavy atom. The highest BCUT2D eigenvalue weighted by atomic mass is 32.3. The average molecular weight is 592 g/mol. The van der Waals surface area contributed by atoms with Gasteiger partial charge in [-0.1, -0.05) is 6.08 Å². The van der Waals surface area contributed by atoms with E-state index in [0.717, 1.165) is 6.42 Å². The average Bonchev–Trinajstić information content (AvgIpc) is 3.46. The first-order valence-corrected chi connectivity index (χ1v) is 14.6. The van der Waals surface area contributed by atoms with E-state index < -0.39 is 45.3 Å². The predicted molar refractivity (Wildman–Crippen MR) is 129 cm³/mol. The molecule has 0 bridgehead atoms. The van der Waals surface area contributed by atoms with Crippen molar-refractivity contribution in [1.29, 1.82) is 0 Å². The first-order valence-electron chi connectivity index (χ1n) is 9.99. The molecule has 210 valence electrons. The summed E-state index contributed by atoms with van der Waals surface area (Å²) < 4.78 is 70.8. The SMILES string of the molecule is C[S+](C[C@H]1O[C@@H](n2cnc3c(N)ncnc32)[C@H](O)[C@@H]1O)C1C=C[C@@H](ON)C1.O=S(=O)(O)O.O=S(=O)(O)O. The lowest BCUT2D eigenvalue weighted by molar-refractivity contribution is -0.0290. The first kappa shape index (κ1) is 31.2. The number of ether oxygens (including phenoxy) is 1. The van der Waals surface area contributed by atoms with Crippen molar-refractivity contribution >= 4 is 48.7 Å². The predicted octanol–water partition coefficient (Wildman–Crippen LogP) is -2.44. The normalized spacial score (nSPS) is 28.3. The molecule has 1 aliphatic carbocycles. The minimum atomic E-state index is -4.67. The molecular weight excluding hydrogens is 564 g/mol. The van der Waals surface area contributed by atoms with Crippen molar-refractivity contribution in [2.75, 3.05) is 17.7 Å². The molecule has 0 spiro atoms. The van der Waals surface area contributed by atoms with Crippen LogP contribution in [-0.4, -0.2) is 106 Å². The Morgan fingerprint density at radius 2 is 1.68 bits per heavy atom. The minimum absolute atomic E-state index is 0.0693. The van der Waals surface area contributed by atoms with E-state index in [1.807, 2.05) is 6.08 Å². The van der Waals surface area contributed by atoms with Gasteiger partial charge in [-0.05, 0) is 17.0 Å². The zero-order valence-electron chi connectivity index (χ0n) is 19.0. The highest BCUT2D eigenvalue weighted by Crippen LogP contribution is 2.33. The quantitative estimate of drug-likeness (QED) is 0.0774. The van der Waals surface area contributed by atoms with Crippen molar-refractivity contribution in [3.05, 3.63) is 24.8 Å². The number of nitrogens with two attached hydrogens (primary N) is 2. The summed E-state index contributed by atoms with van der Waals surface area (Å²) in [7, 11) is -9.41. The van der Waals surface area contributed by atoms with Gasteiger partial charge in [0.05, 0.1) is 12.6 Å². The number of aliphatic hydroxyl groups is 2. The Labute approximate surface area is 213 Å². The van der Waals surface area contributed by atoms with Gasteiger partial charge in [0.15, 0.2) is 17.7 Å². The lowest BCUT2D eigenvalue weighted by Crippen LogP contribution is -2.37. The van der Waals surface area contributed by atoms with E-state index in [9.17, 15) is 10.2 Å². The summed E-state index contributed by atoms with van der Waals surface area (Å²) in [5.41, 5.74) is 6.70. The molecule has 2 aromatic rings. The van der Waals surface area contributed by atoms with Crippen LogP contribution in [0.1, 0.15) is 12.6 Å². The highest BCUT2D eigenvalue weighted by Gasteiger charge is 2.47. The van der Waals surface area contributed by atoms with E-state index in [-0.39, 0.29) is 22.8 Å². The number of aromatic nitrogens is 4. The molecule has 10 N–H and O–H groups in total. The largest absolute Gasteiger partial charge is 0.394 e. The summed E-state index contributed by atoms with van der Waals surface area (Å²) in [6.07, 6.45) is 6.34. The molecule has 4 rings (SSSR count). The molecule has 37 heavy (non-hydrogen) atoms. The zero-order valence-corrected chi connectivity index (χ0v) is 21.4. The van der Waals surface area contributed by atoms with Crippen LogP contribution in [0.4, 0.5) is 5.82 Å². The molecule has 3 heterocycles. The maximum atomic E-state index is 10.5. The smallest absolute Gasteiger partial charge is 0.387 e. The first-order chi connectivity index (χ1) is 17.0. The Bertz CT molecular complexity index is 1240. The monoisotopic (exact) mass is 591 g/mol. The van der Waals surface area contributed by atoms with Gasteiger partial charge in [0.2, 0.25) is 0 Å². The van der Waals surface area contributed by atoms with Crippen LogP contribution in [0.15, 0.2) is 24.8 Å². The van der Waals surface area contributed by atoms with Crippen molar-refractivity contribution in [2.24, 2.45) is 5.90 Å². The van der Waals surface area contributed by atoms with E-state index in [1.54, 1.807) is 4.57 Å². The number of hydrogen-bond donors (Lipinski definition) is 8. The maximum absolute atomic E-state index is 10.5. The van der Waals surface area contributed by atoms with E-state index in [2.05, 4.69) is 27.3 Å². The summed E-state index contributed by atoms with van der Waals surface area (Å²) in [6, 6.07) is 0. The third-order valence-corrected chi connectivity index (χ3v) is 7.36. The molecule has 1 fully saturated rings. The van der Waals surface area contributed by atoms with Crippen molar-refractivity contribution < 1.29 is 54.8 Å². The fraction of sp³-hybridized carbons (Fsp3) is 0.562. The number of fused-ring (bicyclic) bond motifs is 1. The summed E-state index contributed by atoms with van der Waals surface area (Å²) in [5, 5.41) is 21.4. The molecule has 0 saturated carbocycles. The minimum Gasteiger partial charge on any atom is -0.387 e. The molecule has 7 atom stereocenters. The van der Waals surface area contributed by atoms with Gasteiger partial charge in [-0.25, -0.2) is 20.8 Å². The van der Waals surface area contributed by atoms with Crippen molar-refractivity contribution in [2.45, 2.75) is 42.3 Å². The molecule has 0 amide bonds. The Hall–Kier alpha value is -2.02. The Morgan fingerprint density at radius 1 is 1.08 bits per heavy atom. The second-order valence-electron chi connectivity index (χ2n) is 7.72. The summed E-state index contributed by atoms with van der Waals surface area (Å²) in [4.78, 5) is 17.2. The highest BCUT2D eigenvalue weighted by molar-refractivity contribution is 7.97. The molecular formula is C16H27N6O12S3+.